The third kappa shape index (κ3) is 4.03. The molecule has 0 atom stereocenters. The minimum Gasteiger partial charge on any atom is -0.289 e. The number of thiazole rings is 1. The van der Waals surface area contributed by atoms with E-state index in [4.69, 9.17) is 35.4 Å². The number of carbonyl (C=O) groups is 2. The number of thiocarbonyl (C=S) groups is 1. The second kappa shape index (κ2) is 8.52. The maximum atomic E-state index is 12.7. The Hall–Kier alpha value is -2.17. The van der Waals surface area contributed by atoms with E-state index in [1.54, 1.807) is 36.4 Å². The molecule has 3 aromatic rings. The second-order valence-electron chi connectivity index (χ2n) is 6.12. The van der Waals surface area contributed by atoms with Gasteiger partial charge in [0.15, 0.2) is 4.32 Å². The van der Waals surface area contributed by atoms with E-state index >= 15 is 0 Å². The summed E-state index contributed by atoms with van der Waals surface area (Å²) in [7, 11) is 0. The van der Waals surface area contributed by atoms with Crippen LogP contribution in [0.15, 0.2) is 52.2 Å². The maximum absolute atomic E-state index is 12.7. The molecule has 1 aliphatic heterocycles. The number of amides is 2. The van der Waals surface area contributed by atoms with Gasteiger partial charge in [-0.2, -0.15) is 5.01 Å². The largest absolute Gasteiger partial charge is 0.308 e. The number of carbonyl (C=O) groups excluding carboxylic acids is 2. The van der Waals surface area contributed by atoms with Gasteiger partial charge < -0.3 is 0 Å². The standard InChI is InChI=1S/C19H11Cl2N3O3S3/c20-11-5-3-4-10(16(11)21)8-14-17(26)24(19(28)30-14)22-15(25)9-23-12-6-1-2-7-13(12)29-18(23)27/h1-8H,9H2,(H,22,25)/b14-8-. The Morgan fingerprint density at radius 2 is 1.90 bits per heavy atom. The predicted octanol–water partition coefficient (Wildman–Crippen LogP) is 4.30. The number of halogens is 2. The molecule has 0 unspecified atom stereocenters. The lowest BCUT2D eigenvalue weighted by atomic mass is 10.2. The number of hydrogen-bond acceptors (Lipinski definition) is 6. The Morgan fingerprint density at radius 1 is 1.13 bits per heavy atom. The quantitative estimate of drug-likeness (QED) is 0.431. The van der Waals surface area contributed by atoms with Crippen LogP contribution < -0.4 is 10.3 Å². The number of benzene rings is 2. The smallest absolute Gasteiger partial charge is 0.289 e. The van der Waals surface area contributed by atoms with Crippen LogP contribution in [0.3, 0.4) is 0 Å². The van der Waals surface area contributed by atoms with E-state index in [-0.39, 0.29) is 15.7 Å². The van der Waals surface area contributed by atoms with Crippen LogP contribution in [0.5, 0.6) is 0 Å². The summed E-state index contributed by atoms with van der Waals surface area (Å²) >= 11 is 19.5. The Morgan fingerprint density at radius 3 is 2.70 bits per heavy atom. The van der Waals surface area contributed by atoms with Gasteiger partial charge in [0.25, 0.3) is 11.8 Å². The summed E-state index contributed by atoms with van der Waals surface area (Å²) in [6, 6.07) is 12.3. The van der Waals surface area contributed by atoms with Crippen molar-refractivity contribution in [2.45, 2.75) is 6.54 Å². The molecule has 2 aromatic carbocycles. The highest BCUT2D eigenvalue weighted by atomic mass is 35.5. The van der Waals surface area contributed by atoms with Gasteiger partial charge in [-0.3, -0.25) is 24.4 Å². The molecule has 152 valence electrons. The fourth-order valence-electron chi connectivity index (χ4n) is 2.80. The van der Waals surface area contributed by atoms with E-state index < -0.39 is 11.8 Å². The fraction of sp³-hybridized carbons (Fsp3) is 0.0526. The van der Waals surface area contributed by atoms with E-state index in [1.807, 2.05) is 12.1 Å². The first-order chi connectivity index (χ1) is 14.3. The number of para-hydroxylation sites is 1. The van der Waals surface area contributed by atoms with Gasteiger partial charge in [0, 0.05) is 0 Å². The van der Waals surface area contributed by atoms with Crippen LogP contribution in [0, 0.1) is 0 Å². The van der Waals surface area contributed by atoms with Crippen molar-refractivity contribution in [2.75, 3.05) is 0 Å². The van der Waals surface area contributed by atoms with E-state index in [2.05, 4.69) is 5.43 Å². The number of nitrogens with one attached hydrogen (secondary N) is 1. The molecule has 1 aromatic heterocycles. The van der Waals surface area contributed by atoms with Crippen LogP contribution in [-0.4, -0.2) is 25.7 Å². The zero-order chi connectivity index (χ0) is 21.4. The van der Waals surface area contributed by atoms with Crippen LogP contribution in [0.25, 0.3) is 16.3 Å². The highest BCUT2D eigenvalue weighted by Gasteiger charge is 2.34. The first-order valence-electron chi connectivity index (χ1n) is 8.45. The van der Waals surface area contributed by atoms with Gasteiger partial charge in [0.2, 0.25) is 0 Å². The summed E-state index contributed by atoms with van der Waals surface area (Å²) in [5, 5.41) is 1.67. The lowest BCUT2D eigenvalue weighted by Gasteiger charge is -2.15. The molecule has 0 saturated carbocycles. The first kappa shape index (κ1) is 21.1. The highest BCUT2D eigenvalue weighted by molar-refractivity contribution is 8.26. The zero-order valence-electron chi connectivity index (χ0n) is 14.9. The Labute approximate surface area is 194 Å². The second-order valence-corrected chi connectivity index (χ2v) is 9.57. The predicted molar refractivity (Wildman–Crippen MR) is 126 cm³/mol. The molecule has 0 radical (unpaired) electrons. The molecule has 11 heteroatoms. The number of aromatic nitrogens is 1. The molecule has 0 spiro atoms. The number of rotatable bonds is 4. The molecule has 1 saturated heterocycles. The molecule has 4 rings (SSSR count). The third-order valence-electron chi connectivity index (χ3n) is 4.17. The van der Waals surface area contributed by atoms with Crippen molar-refractivity contribution >= 4 is 90.9 Å². The number of thioether (sulfide) groups is 1. The molecular weight excluding hydrogens is 485 g/mol. The summed E-state index contributed by atoms with van der Waals surface area (Å²) in [5.74, 6) is -1.03. The summed E-state index contributed by atoms with van der Waals surface area (Å²) in [6.07, 6.45) is 1.57. The summed E-state index contributed by atoms with van der Waals surface area (Å²) in [4.78, 5) is 37.5. The maximum Gasteiger partial charge on any atom is 0.308 e. The number of nitrogens with zero attached hydrogens (tertiary/aromatic N) is 2. The summed E-state index contributed by atoms with van der Waals surface area (Å²) in [5.41, 5.74) is 3.70. The van der Waals surface area contributed by atoms with Crippen molar-refractivity contribution in [3.05, 3.63) is 72.6 Å². The van der Waals surface area contributed by atoms with E-state index in [0.717, 1.165) is 32.8 Å². The minimum absolute atomic E-state index is 0.167. The van der Waals surface area contributed by atoms with Crippen molar-refractivity contribution in [3.63, 3.8) is 0 Å². The molecule has 0 bridgehead atoms. The first-order valence-corrected chi connectivity index (χ1v) is 11.2. The topological polar surface area (TPSA) is 71.4 Å². The number of hydrogen-bond donors (Lipinski definition) is 1. The van der Waals surface area contributed by atoms with Gasteiger partial charge in [0.1, 0.15) is 6.54 Å². The minimum atomic E-state index is -0.543. The molecule has 0 aliphatic carbocycles. The molecule has 1 aliphatic rings. The molecule has 1 N–H and O–H groups in total. The SMILES string of the molecule is O=C(Cn1c(=O)sc2ccccc21)NN1C(=O)/C(=C/c2cccc(Cl)c2Cl)SC1=S. The lowest BCUT2D eigenvalue weighted by Crippen LogP contribution is -2.46. The monoisotopic (exact) mass is 495 g/mol. The van der Waals surface area contributed by atoms with Crippen LogP contribution in [-0.2, 0) is 16.1 Å². The van der Waals surface area contributed by atoms with Gasteiger partial charge in [-0.25, -0.2) is 0 Å². The van der Waals surface area contributed by atoms with Gasteiger partial charge in [0.05, 0.1) is 25.2 Å². The van der Waals surface area contributed by atoms with Gasteiger partial charge >= 0.3 is 4.87 Å². The molecular formula is C19H11Cl2N3O3S3. The van der Waals surface area contributed by atoms with Crippen molar-refractivity contribution in [2.24, 2.45) is 0 Å². The number of hydrazine groups is 1. The van der Waals surface area contributed by atoms with Crippen LogP contribution in [0.2, 0.25) is 10.0 Å². The van der Waals surface area contributed by atoms with E-state index in [1.165, 1.54) is 4.57 Å². The molecule has 1 fully saturated rings. The van der Waals surface area contributed by atoms with Gasteiger partial charge in [-0.1, -0.05) is 70.6 Å². The number of fused-ring (bicyclic) bond motifs is 1. The average molecular weight is 496 g/mol. The van der Waals surface area contributed by atoms with Crippen LogP contribution >= 0.6 is 58.5 Å². The highest BCUT2D eigenvalue weighted by Crippen LogP contribution is 2.34. The van der Waals surface area contributed by atoms with Crippen LogP contribution in [0.1, 0.15) is 5.56 Å². The zero-order valence-corrected chi connectivity index (χ0v) is 18.9. The van der Waals surface area contributed by atoms with E-state index in [9.17, 15) is 14.4 Å². The summed E-state index contributed by atoms with van der Waals surface area (Å²) in [6.45, 7) is -0.237. The molecule has 30 heavy (non-hydrogen) atoms. The average Bonchev–Trinajstić information content (AvgIpc) is 3.16. The molecule has 2 amide bonds. The Bertz CT molecular complexity index is 1300. The van der Waals surface area contributed by atoms with E-state index in [0.29, 0.717) is 26.0 Å². The summed E-state index contributed by atoms with van der Waals surface area (Å²) < 4.78 is 2.30. The molecule has 2 heterocycles. The third-order valence-corrected chi connectivity index (χ3v) is 7.27. The lowest BCUT2D eigenvalue weighted by molar-refractivity contribution is -0.133. The van der Waals surface area contributed by atoms with Crippen molar-refractivity contribution < 1.29 is 9.59 Å². The van der Waals surface area contributed by atoms with Gasteiger partial charge in [-0.15, -0.1) is 0 Å². The van der Waals surface area contributed by atoms with Crippen molar-refractivity contribution in [1.29, 1.82) is 0 Å². The van der Waals surface area contributed by atoms with Crippen LogP contribution in [0.4, 0.5) is 0 Å². The Kier molecular flexibility index (Phi) is 5.99. The normalized spacial score (nSPS) is 15.4. The van der Waals surface area contributed by atoms with Gasteiger partial charge in [-0.05, 0) is 42.1 Å². The van der Waals surface area contributed by atoms with Crippen molar-refractivity contribution in [3.8, 4) is 0 Å². The van der Waals surface area contributed by atoms with Crippen molar-refractivity contribution in [1.82, 2.24) is 15.0 Å². The fourth-order valence-corrected chi connectivity index (χ4v) is 5.23. The molecule has 6 nitrogen and oxygen atoms in total. The Balaban J connectivity index is 1.53.